The maximum atomic E-state index is 10.7. The highest BCUT2D eigenvalue weighted by molar-refractivity contribution is 5.65. The highest BCUT2D eigenvalue weighted by Crippen LogP contribution is 2.17. The van der Waals surface area contributed by atoms with Crippen LogP contribution in [0.5, 0.6) is 0 Å². The summed E-state index contributed by atoms with van der Waals surface area (Å²) in [6, 6.07) is 0. The first-order valence-corrected chi connectivity index (χ1v) is 5.20. The van der Waals surface area contributed by atoms with E-state index < -0.39 is 0 Å². The first-order chi connectivity index (χ1) is 6.43. The molecule has 82 valence electrons. The number of rotatable bonds is 5. The van der Waals surface area contributed by atoms with Gasteiger partial charge >= 0.3 is 5.97 Å². The Morgan fingerprint density at radius 2 is 1.86 bits per heavy atom. The van der Waals surface area contributed by atoms with Gasteiger partial charge in [-0.1, -0.05) is 25.5 Å². The van der Waals surface area contributed by atoms with Crippen molar-refractivity contribution >= 4 is 5.97 Å². The van der Waals surface area contributed by atoms with Crippen molar-refractivity contribution in [3.63, 3.8) is 0 Å². The zero-order valence-corrected chi connectivity index (χ0v) is 9.96. The molecule has 0 aliphatic carbocycles. The highest BCUT2D eigenvalue weighted by Gasteiger charge is 2.13. The molecule has 0 spiro atoms. The smallest absolute Gasteiger partial charge is 0.302 e. The molecule has 0 amide bonds. The van der Waals surface area contributed by atoms with Gasteiger partial charge in [-0.3, -0.25) is 4.79 Å². The van der Waals surface area contributed by atoms with Crippen molar-refractivity contribution in [1.29, 1.82) is 0 Å². The van der Waals surface area contributed by atoms with Gasteiger partial charge in [0.1, 0.15) is 0 Å². The SMILES string of the molecule is CC(=O)OCC(CC=C(C)C)C(C)C. The van der Waals surface area contributed by atoms with Gasteiger partial charge in [-0.2, -0.15) is 0 Å². The number of ether oxygens (including phenoxy) is 1. The quantitative estimate of drug-likeness (QED) is 0.501. The van der Waals surface area contributed by atoms with Gasteiger partial charge in [0.2, 0.25) is 0 Å². The van der Waals surface area contributed by atoms with Gasteiger partial charge in [-0.05, 0) is 32.1 Å². The van der Waals surface area contributed by atoms with Crippen molar-refractivity contribution in [1.82, 2.24) is 0 Å². The van der Waals surface area contributed by atoms with Crippen LogP contribution in [0.1, 0.15) is 41.0 Å². The van der Waals surface area contributed by atoms with Crippen molar-refractivity contribution < 1.29 is 9.53 Å². The van der Waals surface area contributed by atoms with Crippen molar-refractivity contribution in [3.05, 3.63) is 11.6 Å². The van der Waals surface area contributed by atoms with E-state index in [1.807, 2.05) is 0 Å². The molecule has 2 heteroatoms. The van der Waals surface area contributed by atoms with Crippen molar-refractivity contribution in [2.24, 2.45) is 11.8 Å². The van der Waals surface area contributed by atoms with Crippen LogP contribution in [0.3, 0.4) is 0 Å². The Morgan fingerprint density at radius 1 is 1.29 bits per heavy atom. The van der Waals surface area contributed by atoms with Crippen LogP contribution in [-0.4, -0.2) is 12.6 Å². The summed E-state index contributed by atoms with van der Waals surface area (Å²) in [5.41, 5.74) is 1.32. The van der Waals surface area contributed by atoms with E-state index in [0.29, 0.717) is 18.4 Å². The number of carbonyl (C=O) groups excluding carboxylic acids is 1. The van der Waals surface area contributed by atoms with Crippen LogP contribution in [0.4, 0.5) is 0 Å². The number of esters is 1. The van der Waals surface area contributed by atoms with Gasteiger partial charge in [0.15, 0.2) is 0 Å². The number of carbonyl (C=O) groups is 1. The summed E-state index contributed by atoms with van der Waals surface area (Å²) in [7, 11) is 0. The Balaban J connectivity index is 4.03. The Morgan fingerprint density at radius 3 is 2.21 bits per heavy atom. The van der Waals surface area contributed by atoms with E-state index >= 15 is 0 Å². The third kappa shape index (κ3) is 6.70. The third-order valence-electron chi connectivity index (χ3n) is 2.27. The number of allylic oxidation sites excluding steroid dienone is 2. The molecular formula is C12H22O2. The minimum Gasteiger partial charge on any atom is -0.466 e. The van der Waals surface area contributed by atoms with E-state index in [9.17, 15) is 4.79 Å². The Labute approximate surface area is 87.3 Å². The molecule has 0 aromatic rings. The molecule has 0 saturated heterocycles. The van der Waals surface area contributed by atoms with Gasteiger partial charge in [0.05, 0.1) is 6.61 Å². The van der Waals surface area contributed by atoms with E-state index in [4.69, 9.17) is 4.74 Å². The summed E-state index contributed by atoms with van der Waals surface area (Å²) in [5, 5.41) is 0. The standard InChI is InChI=1S/C12H22O2/c1-9(2)6-7-12(10(3)4)8-14-11(5)13/h6,10,12H,7-8H2,1-5H3. The van der Waals surface area contributed by atoms with Crippen LogP contribution in [-0.2, 0) is 9.53 Å². The van der Waals surface area contributed by atoms with E-state index in [1.165, 1.54) is 12.5 Å². The van der Waals surface area contributed by atoms with Crippen LogP contribution < -0.4 is 0 Å². The van der Waals surface area contributed by atoms with Crippen LogP contribution in [0.15, 0.2) is 11.6 Å². The molecular weight excluding hydrogens is 176 g/mol. The molecule has 0 rings (SSSR count). The third-order valence-corrected chi connectivity index (χ3v) is 2.27. The van der Waals surface area contributed by atoms with Gasteiger partial charge < -0.3 is 4.74 Å². The lowest BCUT2D eigenvalue weighted by Crippen LogP contribution is -2.17. The van der Waals surface area contributed by atoms with Gasteiger partial charge in [0.25, 0.3) is 0 Å². The minimum absolute atomic E-state index is 0.187. The topological polar surface area (TPSA) is 26.3 Å². The molecule has 0 aromatic heterocycles. The molecule has 0 N–H and O–H groups in total. The molecule has 0 saturated carbocycles. The zero-order valence-electron chi connectivity index (χ0n) is 9.96. The van der Waals surface area contributed by atoms with Crippen molar-refractivity contribution in [2.45, 2.75) is 41.0 Å². The summed E-state index contributed by atoms with van der Waals surface area (Å²) in [5.74, 6) is 0.798. The second-order valence-electron chi connectivity index (χ2n) is 4.32. The number of hydrogen-bond donors (Lipinski definition) is 0. The number of hydrogen-bond acceptors (Lipinski definition) is 2. The highest BCUT2D eigenvalue weighted by atomic mass is 16.5. The lowest BCUT2D eigenvalue weighted by Gasteiger charge is -2.18. The van der Waals surface area contributed by atoms with Gasteiger partial charge in [-0.25, -0.2) is 0 Å². The van der Waals surface area contributed by atoms with Crippen LogP contribution in [0, 0.1) is 11.8 Å². The molecule has 1 atom stereocenters. The summed E-state index contributed by atoms with van der Waals surface area (Å²) in [6.45, 7) is 10.5. The molecule has 2 nitrogen and oxygen atoms in total. The van der Waals surface area contributed by atoms with E-state index in [-0.39, 0.29) is 5.97 Å². The maximum Gasteiger partial charge on any atom is 0.302 e. The van der Waals surface area contributed by atoms with E-state index in [1.54, 1.807) is 0 Å². The average molecular weight is 198 g/mol. The molecule has 0 fully saturated rings. The maximum absolute atomic E-state index is 10.7. The summed E-state index contributed by atoms with van der Waals surface area (Å²) in [6.07, 6.45) is 3.20. The first kappa shape index (κ1) is 13.2. The van der Waals surface area contributed by atoms with Crippen molar-refractivity contribution in [2.75, 3.05) is 6.61 Å². The Kier molecular flexibility index (Phi) is 6.26. The van der Waals surface area contributed by atoms with E-state index in [2.05, 4.69) is 33.8 Å². The molecule has 0 aliphatic heterocycles. The lowest BCUT2D eigenvalue weighted by molar-refractivity contribution is -0.142. The molecule has 1 unspecified atom stereocenters. The molecule has 0 aliphatic rings. The van der Waals surface area contributed by atoms with Gasteiger partial charge in [-0.15, -0.1) is 0 Å². The molecule has 0 heterocycles. The Bertz CT molecular complexity index is 200. The average Bonchev–Trinajstić information content (AvgIpc) is 2.02. The van der Waals surface area contributed by atoms with Crippen LogP contribution in [0.25, 0.3) is 0 Å². The summed E-state index contributed by atoms with van der Waals surface area (Å²) < 4.78 is 5.03. The second-order valence-corrected chi connectivity index (χ2v) is 4.32. The molecule has 0 bridgehead atoms. The lowest BCUT2D eigenvalue weighted by atomic mass is 9.92. The van der Waals surface area contributed by atoms with Gasteiger partial charge in [0, 0.05) is 6.92 Å². The summed E-state index contributed by atoms with van der Waals surface area (Å²) in [4.78, 5) is 10.7. The van der Waals surface area contributed by atoms with Crippen LogP contribution >= 0.6 is 0 Å². The fraction of sp³-hybridized carbons (Fsp3) is 0.750. The molecule has 0 radical (unpaired) electrons. The minimum atomic E-state index is -0.187. The molecule has 14 heavy (non-hydrogen) atoms. The predicted octanol–water partition coefficient (Wildman–Crippen LogP) is 3.18. The fourth-order valence-corrected chi connectivity index (χ4v) is 1.14. The van der Waals surface area contributed by atoms with Crippen LogP contribution in [0.2, 0.25) is 0 Å². The second kappa shape index (κ2) is 6.63. The van der Waals surface area contributed by atoms with Crippen molar-refractivity contribution in [3.8, 4) is 0 Å². The monoisotopic (exact) mass is 198 g/mol. The van der Waals surface area contributed by atoms with E-state index in [0.717, 1.165) is 6.42 Å². The fourth-order valence-electron chi connectivity index (χ4n) is 1.14. The first-order valence-electron chi connectivity index (χ1n) is 5.20. The Hall–Kier alpha value is -0.790. The molecule has 0 aromatic carbocycles. The normalized spacial score (nSPS) is 12.4. The summed E-state index contributed by atoms with van der Waals surface area (Å²) >= 11 is 0. The largest absolute Gasteiger partial charge is 0.466 e. The zero-order chi connectivity index (χ0) is 11.1. The predicted molar refractivity (Wildman–Crippen MR) is 59.0 cm³/mol.